The molecule has 0 spiro atoms. The summed E-state index contributed by atoms with van der Waals surface area (Å²) in [6.45, 7) is 11.6. The Morgan fingerprint density at radius 3 is 1.26 bits per heavy atom. The summed E-state index contributed by atoms with van der Waals surface area (Å²) in [6, 6.07) is 61.2. The van der Waals surface area contributed by atoms with Crippen LogP contribution in [0.25, 0.3) is 38.5 Å². The Labute approximate surface area is 316 Å². The summed E-state index contributed by atoms with van der Waals surface area (Å²) >= 11 is 0. The van der Waals surface area contributed by atoms with Crippen molar-refractivity contribution in [3.63, 3.8) is 0 Å². The number of aryl methyl sites for hydroxylation is 2. The molecule has 8 aromatic rings. The Bertz CT molecular complexity index is 2540. The fraction of sp³-hybridized carbons (Fsp3) is 0.0400. The fourth-order valence-electron chi connectivity index (χ4n) is 6.81. The van der Waals surface area contributed by atoms with Crippen LogP contribution in [0.2, 0.25) is 0 Å². The first-order valence-electron chi connectivity index (χ1n) is 17.9. The van der Waals surface area contributed by atoms with Gasteiger partial charge in [-0.3, -0.25) is 0 Å². The van der Waals surface area contributed by atoms with Crippen LogP contribution in [0.3, 0.4) is 0 Å². The van der Waals surface area contributed by atoms with Gasteiger partial charge < -0.3 is 9.80 Å². The molecule has 0 N–H and O–H groups in total. The van der Waals surface area contributed by atoms with Gasteiger partial charge in [-0.1, -0.05) is 102 Å². The second-order valence-corrected chi connectivity index (χ2v) is 13.5. The summed E-state index contributed by atoms with van der Waals surface area (Å²) in [5.41, 5.74) is 12.3. The third-order valence-electron chi connectivity index (χ3n) is 9.76. The summed E-state index contributed by atoms with van der Waals surface area (Å²) in [6.07, 6.45) is 4.30. The molecule has 0 heterocycles. The van der Waals surface area contributed by atoms with E-state index in [4.69, 9.17) is 6.57 Å². The van der Waals surface area contributed by atoms with Crippen LogP contribution in [0.4, 0.5) is 39.8 Å². The van der Waals surface area contributed by atoms with Crippen LogP contribution in [0.5, 0.6) is 0 Å². The third kappa shape index (κ3) is 7.06. The lowest BCUT2D eigenvalue weighted by Crippen LogP contribution is -2.10. The molecule has 4 nitrogen and oxygen atoms in total. The van der Waals surface area contributed by atoms with Crippen molar-refractivity contribution in [2.75, 3.05) is 9.80 Å². The van der Waals surface area contributed by atoms with Crippen LogP contribution in [-0.2, 0) is 0 Å². The minimum atomic E-state index is 0.646. The summed E-state index contributed by atoms with van der Waals surface area (Å²) in [4.78, 5) is 8.14. The van der Waals surface area contributed by atoms with Crippen molar-refractivity contribution in [1.82, 2.24) is 0 Å². The van der Waals surface area contributed by atoms with E-state index in [1.54, 1.807) is 0 Å². The Kier molecular flexibility index (Phi) is 9.17. The van der Waals surface area contributed by atoms with Gasteiger partial charge in [0.05, 0.1) is 18.2 Å². The maximum atomic E-state index is 9.37. The van der Waals surface area contributed by atoms with Crippen LogP contribution < -0.4 is 9.80 Å². The molecule has 4 heteroatoms. The van der Waals surface area contributed by atoms with Crippen molar-refractivity contribution in [2.24, 2.45) is 0 Å². The van der Waals surface area contributed by atoms with Gasteiger partial charge in [0.25, 0.3) is 0 Å². The average Bonchev–Trinajstić information content (AvgIpc) is 3.22. The summed E-state index contributed by atoms with van der Waals surface area (Å²) in [5, 5.41) is 13.6. The molecule has 8 aromatic carbocycles. The molecule has 0 aliphatic heterocycles. The van der Waals surface area contributed by atoms with Gasteiger partial charge in [0, 0.05) is 34.1 Å². The zero-order valence-electron chi connectivity index (χ0n) is 30.1. The standard InChI is InChI=1S/C50H36N4/c1-35-4-20-45(21-5-35)53(49-28-17-40-30-39(34-51)10-15-42(40)32-49)47-24-11-37(12-25-47)8-9-38-13-26-48(27-14-38)54(46-22-6-36(2)7-23-46)50-29-18-41-31-44(52-3)19-16-43(41)33-50/h4-33H,1-2H3/b9-8+. The predicted octanol–water partition coefficient (Wildman–Crippen LogP) is 14.1. The minimum Gasteiger partial charge on any atom is -0.310 e. The van der Waals surface area contributed by atoms with Crippen molar-refractivity contribution >= 4 is 73.5 Å². The van der Waals surface area contributed by atoms with Gasteiger partial charge >= 0.3 is 0 Å². The summed E-state index contributed by atoms with van der Waals surface area (Å²) in [7, 11) is 0. The highest BCUT2D eigenvalue weighted by molar-refractivity contribution is 5.92. The third-order valence-corrected chi connectivity index (χ3v) is 9.76. The van der Waals surface area contributed by atoms with Gasteiger partial charge in [-0.2, -0.15) is 5.26 Å². The van der Waals surface area contributed by atoms with E-state index in [0.717, 1.165) is 66.8 Å². The Morgan fingerprint density at radius 2 is 0.815 bits per heavy atom. The lowest BCUT2D eigenvalue weighted by molar-refractivity contribution is 1.28. The second-order valence-electron chi connectivity index (χ2n) is 13.5. The first-order chi connectivity index (χ1) is 26.4. The highest BCUT2D eigenvalue weighted by atomic mass is 15.1. The molecule has 0 saturated carbocycles. The molecule has 0 unspecified atom stereocenters. The van der Waals surface area contributed by atoms with Gasteiger partial charge in [0.2, 0.25) is 0 Å². The number of anilines is 6. The van der Waals surface area contributed by atoms with E-state index >= 15 is 0 Å². The zero-order chi connectivity index (χ0) is 37.0. The summed E-state index contributed by atoms with van der Waals surface area (Å²) in [5.74, 6) is 0. The van der Waals surface area contributed by atoms with Crippen LogP contribution in [0, 0.1) is 31.8 Å². The SMILES string of the molecule is [C-]#[N+]c1ccc2cc(N(c3ccc(C)cc3)c3ccc(/C=C/c4ccc(N(c5ccc(C)cc5)c5ccc6cc(C#N)ccc6c5)cc4)cc3)ccc2c1. The van der Waals surface area contributed by atoms with Gasteiger partial charge in [-0.05, 0) is 138 Å². The number of hydrogen-bond acceptors (Lipinski definition) is 3. The number of rotatable bonds is 8. The molecule has 0 radical (unpaired) electrons. The number of fused-ring (bicyclic) bond motifs is 2. The van der Waals surface area contributed by atoms with E-state index in [1.807, 2.05) is 36.4 Å². The highest BCUT2D eigenvalue weighted by Gasteiger charge is 2.15. The van der Waals surface area contributed by atoms with Gasteiger partial charge in [0.1, 0.15) is 0 Å². The molecule has 0 saturated heterocycles. The molecule has 0 bridgehead atoms. The second kappa shape index (κ2) is 14.7. The number of nitrogens with zero attached hydrogens (tertiary/aromatic N) is 4. The predicted molar refractivity (Wildman–Crippen MR) is 227 cm³/mol. The van der Waals surface area contributed by atoms with Crippen molar-refractivity contribution in [3.05, 3.63) is 209 Å². The number of nitriles is 1. The molecule has 54 heavy (non-hydrogen) atoms. The monoisotopic (exact) mass is 692 g/mol. The van der Waals surface area contributed by atoms with Crippen LogP contribution in [0.15, 0.2) is 170 Å². The topological polar surface area (TPSA) is 34.6 Å². The van der Waals surface area contributed by atoms with E-state index in [9.17, 15) is 5.26 Å². The lowest BCUT2D eigenvalue weighted by atomic mass is 10.0. The van der Waals surface area contributed by atoms with Crippen LogP contribution >= 0.6 is 0 Å². The highest BCUT2D eigenvalue weighted by Crippen LogP contribution is 2.38. The van der Waals surface area contributed by atoms with Crippen molar-refractivity contribution in [1.29, 1.82) is 5.26 Å². The van der Waals surface area contributed by atoms with Gasteiger partial charge in [0.15, 0.2) is 5.69 Å². The molecule has 0 fully saturated rings. The molecule has 0 aromatic heterocycles. The Hall–Kier alpha value is -7.40. The first-order valence-corrected chi connectivity index (χ1v) is 17.9. The lowest BCUT2D eigenvalue weighted by Gasteiger charge is -2.26. The van der Waals surface area contributed by atoms with Crippen LogP contribution in [0.1, 0.15) is 27.8 Å². The summed E-state index contributed by atoms with van der Waals surface area (Å²) < 4.78 is 0. The van der Waals surface area contributed by atoms with E-state index in [2.05, 4.69) is 180 Å². The number of benzene rings is 8. The molecular formula is C50H36N4. The molecule has 0 aliphatic rings. The molecule has 0 atom stereocenters. The molecule has 0 amide bonds. The zero-order valence-corrected chi connectivity index (χ0v) is 30.1. The number of hydrogen-bond donors (Lipinski definition) is 0. The average molecular weight is 693 g/mol. The van der Waals surface area contributed by atoms with E-state index in [0.29, 0.717) is 11.3 Å². The maximum Gasteiger partial charge on any atom is 0.187 e. The van der Waals surface area contributed by atoms with E-state index < -0.39 is 0 Å². The largest absolute Gasteiger partial charge is 0.310 e. The molecule has 8 rings (SSSR count). The first kappa shape index (κ1) is 33.7. The van der Waals surface area contributed by atoms with Gasteiger partial charge in [-0.15, -0.1) is 0 Å². The molecular weight excluding hydrogens is 657 g/mol. The Morgan fingerprint density at radius 1 is 0.444 bits per heavy atom. The fourth-order valence-corrected chi connectivity index (χ4v) is 6.81. The van der Waals surface area contributed by atoms with Crippen molar-refractivity contribution in [3.8, 4) is 6.07 Å². The maximum absolute atomic E-state index is 9.37. The smallest absolute Gasteiger partial charge is 0.187 e. The van der Waals surface area contributed by atoms with Crippen molar-refractivity contribution in [2.45, 2.75) is 13.8 Å². The Balaban J connectivity index is 1.06. The van der Waals surface area contributed by atoms with Gasteiger partial charge in [-0.25, -0.2) is 4.85 Å². The normalized spacial score (nSPS) is 11.0. The molecule has 256 valence electrons. The van der Waals surface area contributed by atoms with Crippen molar-refractivity contribution < 1.29 is 0 Å². The quantitative estimate of drug-likeness (QED) is 0.117. The minimum absolute atomic E-state index is 0.646. The molecule has 0 aliphatic carbocycles. The van der Waals surface area contributed by atoms with E-state index in [-0.39, 0.29) is 0 Å². The van der Waals surface area contributed by atoms with Crippen LogP contribution in [-0.4, -0.2) is 0 Å². The van der Waals surface area contributed by atoms with E-state index in [1.165, 1.54) is 11.1 Å².